The summed E-state index contributed by atoms with van der Waals surface area (Å²) in [5, 5.41) is 7.69. The molecule has 0 radical (unpaired) electrons. The number of esters is 1. The van der Waals surface area contributed by atoms with Gasteiger partial charge in [-0.3, -0.25) is 9.59 Å². The second-order valence-electron chi connectivity index (χ2n) is 9.34. The van der Waals surface area contributed by atoms with Crippen LogP contribution in [0.3, 0.4) is 0 Å². The number of nitrogens with one attached hydrogen (secondary N) is 1. The van der Waals surface area contributed by atoms with E-state index in [1.54, 1.807) is 74.9 Å². The Morgan fingerprint density at radius 3 is 2.02 bits per heavy atom. The van der Waals surface area contributed by atoms with Crippen molar-refractivity contribution in [2.45, 2.75) is 6.92 Å². The minimum Gasteiger partial charge on any atom is -0.497 e. The summed E-state index contributed by atoms with van der Waals surface area (Å²) < 4.78 is 37.0. The minimum absolute atomic E-state index is 0.138. The summed E-state index contributed by atoms with van der Waals surface area (Å²) in [7, 11) is 4.63. The first-order valence-corrected chi connectivity index (χ1v) is 13.2. The summed E-state index contributed by atoms with van der Waals surface area (Å²) in [6.07, 6.45) is 0. The van der Waals surface area contributed by atoms with Gasteiger partial charge >= 0.3 is 5.97 Å². The summed E-state index contributed by atoms with van der Waals surface area (Å²) in [6, 6.07) is 24.8. The topological polar surface area (TPSA) is 101 Å². The van der Waals surface area contributed by atoms with Gasteiger partial charge in [-0.05, 0) is 84.4 Å². The van der Waals surface area contributed by atoms with E-state index in [0.29, 0.717) is 56.6 Å². The summed E-state index contributed by atoms with van der Waals surface area (Å²) in [6.45, 7) is 1.29. The first kappa shape index (κ1) is 28.9. The minimum atomic E-state index is -0.563. The zero-order valence-corrected chi connectivity index (χ0v) is 23.9. The molecule has 9 nitrogen and oxygen atoms in total. The Balaban J connectivity index is 1.61. The molecule has 43 heavy (non-hydrogen) atoms. The number of benzene rings is 4. The predicted molar refractivity (Wildman–Crippen MR) is 160 cm³/mol. The Hall–Kier alpha value is -5.64. The Morgan fingerprint density at radius 1 is 0.767 bits per heavy atom. The average Bonchev–Trinajstić information content (AvgIpc) is 3.39. The van der Waals surface area contributed by atoms with Gasteiger partial charge in [0, 0.05) is 23.7 Å². The molecule has 1 N–H and O–H groups in total. The number of nitrogens with zero attached hydrogens (tertiary/aromatic N) is 2. The Kier molecular flexibility index (Phi) is 8.38. The zero-order valence-electron chi connectivity index (χ0n) is 23.9. The number of methoxy groups -OCH3 is 3. The van der Waals surface area contributed by atoms with Crippen molar-refractivity contribution in [1.82, 2.24) is 9.78 Å². The van der Waals surface area contributed by atoms with Crippen molar-refractivity contribution in [3.05, 3.63) is 102 Å². The summed E-state index contributed by atoms with van der Waals surface area (Å²) in [5.74, 6) is 0.529. The maximum atomic E-state index is 13.8. The van der Waals surface area contributed by atoms with Gasteiger partial charge in [-0.1, -0.05) is 12.1 Å². The first-order valence-electron chi connectivity index (χ1n) is 13.2. The quantitative estimate of drug-likeness (QED) is 0.197. The monoisotopic (exact) mass is 581 g/mol. The Morgan fingerprint density at radius 2 is 1.42 bits per heavy atom. The van der Waals surface area contributed by atoms with Crippen molar-refractivity contribution in [3.8, 4) is 51.2 Å². The number of aromatic nitrogens is 2. The predicted octanol–water partition coefficient (Wildman–Crippen LogP) is 6.55. The third-order valence-electron chi connectivity index (χ3n) is 6.60. The third kappa shape index (κ3) is 6.18. The van der Waals surface area contributed by atoms with Crippen molar-refractivity contribution in [3.63, 3.8) is 0 Å². The van der Waals surface area contributed by atoms with E-state index in [1.165, 1.54) is 43.0 Å². The first-order chi connectivity index (χ1) is 20.8. The maximum Gasteiger partial charge on any atom is 0.309 e. The van der Waals surface area contributed by atoms with Gasteiger partial charge < -0.3 is 24.3 Å². The van der Waals surface area contributed by atoms with E-state index in [2.05, 4.69) is 5.32 Å². The van der Waals surface area contributed by atoms with Gasteiger partial charge in [0.1, 0.15) is 17.3 Å². The van der Waals surface area contributed by atoms with E-state index in [-0.39, 0.29) is 11.8 Å². The molecule has 1 aromatic heterocycles. The molecule has 5 rings (SSSR count). The number of halogens is 1. The lowest BCUT2D eigenvalue weighted by Crippen LogP contribution is -2.11. The van der Waals surface area contributed by atoms with Gasteiger partial charge in [0.25, 0.3) is 5.91 Å². The fourth-order valence-electron chi connectivity index (χ4n) is 4.50. The lowest BCUT2D eigenvalue weighted by Gasteiger charge is -2.11. The highest BCUT2D eigenvalue weighted by molar-refractivity contribution is 6.04. The van der Waals surface area contributed by atoms with Crippen molar-refractivity contribution in [1.29, 1.82) is 0 Å². The molecule has 0 atom stereocenters. The molecule has 0 unspecified atom stereocenters. The molecule has 218 valence electrons. The van der Waals surface area contributed by atoms with E-state index in [0.717, 1.165) is 0 Å². The highest BCUT2D eigenvalue weighted by Gasteiger charge is 2.25. The SMILES string of the molecule is COc1ccc(C(=O)Nc2ccc(-c3c(-c4ccc(OC)c(OC)c4)nn(-c4ccc(F)cc4)c3OC(C)=O)cc2)cc1. The number of rotatable bonds is 9. The molecular weight excluding hydrogens is 553 g/mol. The highest BCUT2D eigenvalue weighted by Crippen LogP contribution is 2.43. The van der Waals surface area contributed by atoms with Crippen molar-refractivity contribution in [2.24, 2.45) is 0 Å². The van der Waals surface area contributed by atoms with E-state index in [1.807, 2.05) is 6.07 Å². The van der Waals surface area contributed by atoms with Gasteiger partial charge in [-0.15, -0.1) is 0 Å². The maximum absolute atomic E-state index is 13.8. The molecule has 5 aromatic rings. The molecule has 0 aliphatic heterocycles. The number of hydrogen-bond donors (Lipinski definition) is 1. The fourth-order valence-corrected chi connectivity index (χ4v) is 4.50. The van der Waals surface area contributed by atoms with E-state index >= 15 is 0 Å². The van der Waals surface area contributed by atoms with Crippen LogP contribution in [0.5, 0.6) is 23.1 Å². The van der Waals surface area contributed by atoms with Crippen LogP contribution in [0.4, 0.5) is 10.1 Å². The van der Waals surface area contributed by atoms with Gasteiger partial charge in [0.05, 0.1) is 32.6 Å². The lowest BCUT2D eigenvalue weighted by molar-refractivity contribution is -0.132. The van der Waals surface area contributed by atoms with Crippen LogP contribution in [0, 0.1) is 5.82 Å². The zero-order chi connectivity index (χ0) is 30.5. The van der Waals surface area contributed by atoms with E-state index < -0.39 is 11.8 Å². The molecule has 0 aliphatic rings. The van der Waals surface area contributed by atoms with Gasteiger partial charge in [0.15, 0.2) is 11.5 Å². The second-order valence-corrected chi connectivity index (χ2v) is 9.34. The lowest BCUT2D eigenvalue weighted by atomic mass is 10.0. The van der Waals surface area contributed by atoms with Gasteiger partial charge in [-0.2, -0.15) is 9.78 Å². The molecule has 0 aliphatic carbocycles. The average molecular weight is 582 g/mol. The van der Waals surface area contributed by atoms with Crippen molar-refractivity contribution < 1.29 is 32.9 Å². The molecule has 0 fully saturated rings. The number of ether oxygens (including phenoxy) is 4. The molecule has 1 heterocycles. The van der Waals surface area contributed by atoms with Crippen LogP contribution < -0.4 is 24.3 Å². The van der Waals surface area contributed by atoms with E-state index in [9.17, 15) is 14.0 Å². The number of anilines is 1. The number of amides is 1. The van der Waals surface area contributed by atoms with Gasteiger partial charge in [0.2, 0.25) is 5.88 Å². The molecule has 0 saturated heterocycles. The van der Waals surface area contributed by atoms with Gasteiger partial charge in [-0.25, -0.2) is 4.39 Å². The molecule has 0 bridgehead atoms. The number of carbonyl (C=O) groups is 2. The number of hydrogen-bond acceptors (Lipinski definition) is 7. The van der Waals surface area contributed by atoms with Crippen LogP contribution in [-0.4, -0.2) is 43.0 Å². The number of carbonyl (C=O) groups excluding carboxylic acids is 2. The van der Waals surface area contributed by atoms with Crippen LogP contribution in [0.15, 0.2) is 91.0 Å². The van der Waals surface area contributed by atoms with Crippen LogP contribution in [0.2, 0.25) is 0 Å². The fraction of sp³-hybridized carbons (Fsp3) is 0.121. The summed E-state index contributed by atoms with van der Waals surface area (Å²) in [5.41, 5.74) is 3.77. The highest BCUT2D eigenvalue weighted by atomic mass is 19.1. The molecular formula is C33H28FN3O6. The summed E-state index contributed by atoms with van der Waals surface area (Å²) >= 11 is 0. The van der Waals surface area contributed by atoms with Crippen LogP contribution in [0.25, 0.3) is 28.1 Å². The molecule has 0 spiro atoms. The van der Waals surface area contributed by atoms with Crippen LogP contribution in [0.1, 0.15) is 17.3 Å². The molecule has 1 amide bonds. The third-order valence-corrected chi connectivity index (χ3v) is 6.60. The normalized spacial score (nSPS) is 10.6. The van der Waals surface area contributed by atoms with Crippen LogP contribution >= 0.6 is 0 Å². The standard InChI is InChI=1S/C33H28FN3O6/c1-20(38)43-33-30(21-5-12-25(13-6-21)35-32(39)22-7-16-27(40-2)17-8-22)31(23-9-18-28(41-3)29(19-23)42-4)36-37(33)26-14-10-24(34)11-15-26/h5-19H,1-4H3,(H,35,39). The Labute approximate surface area is 247 Å². The van der Waals surface area contributed by atoms with Crippen LogP contribution in [-0.2, 0) is 4.79 Å². The molecule has 10 heteroatoms. The smallest absolute Gasteiger partial charge is 0.309 e. The Bertz CT molecular complexity index is 1760. The molecule has 4 aromatic carbocycles. The second kappa shape index (κ2) is 12.5. The van der Waals surface area contributed by atoms with Crippen molar-refractivity contribution in [2.75, 3.05) is 26.6 Å². The van der Waals surface area contributed by atoms with E-state index in [4.69, 9.17) is 24.0 Å². The largest absolute Gasteiger partial charge is 0.497 e. The molecule has 0 saturated carbocycles. The summed E-state index contributed by atoms with van der Waals surface area (Å²) in [4.78, 5) is 25.1. The van der Waals surface area contributed by atoms with Crippen molar-refractivity contribution >= 4 is 17.6 Å².